The van der Waals surface area contributed by atoms with Gasteiger partial charge in [-0.05, 0) is 51.7 Å². The zero-order chi connectivity index (χ0) is 20.7. The van der Waals surface area contributed by atoms with Crippen molar-refractivity contribution in [3.8, 4) is 0 Å². The van der Waals surface area contributed by atoms with Crippen LogP contribution in [0.15, 0.2) is 40.2 Å². The van der Waals surface area contributed by atoms with Crippen molar-refractivity contribution in [2.24, 2.45) is 5.92 Å². The lowest BCUT2D eigenvalue weighted by Gasteiger charge is -2.16. The number of halogens is 1. The van der Waals surface area contributed by atoms with Crippen LogP contribution in [0.2, 0.25) is 0 Å². The topological polar surface area (TPSA) is 78.5 Å². The summed E-state index contributed by atoms with van der Waals surface area (Å²) in [6.45, 7) is 4.27. The third kappa shape index (κ3) is 7.09. The van der Waals surface area contributed by atoms with E-state index in [1.807, 2.05) is 38.1 Å². The molecular formula is C20H24BrN3O3S. The Bertz CT molecular complexity index is 851. The van der Waals surface area contributed by atoms with Gasteiger partial charge >= 0.3 is 0 Å². The molecule has 1 aromatic heterocycles. The Hall–Kier alpha value is -2.19. The second-order valence-electron chi connectivity index (χ2n) is 6.89. The van der Waals surface area contributed by atoms with Crippen molar-refractivity contribution in [3.05, 3.63) is 50.6 Å². The molecule has 0 radical (unpaired) electrons. The van der Waals surface area contributed by atoms with E-state index in [2.05, 4.69) is 26.6 Å². The smallest absolute Gasteiger partial charge is 0.264 e. The van der Waals surface area contributed by atoms with Crippen LogP contribution in [0, 0.1) is 5.92 Å². The minimum atomic E-state index is -0.249. The van der Waals surface area contributed by atoms with E-state index in [0.29, 0.717) is 23.5 Å². The monoisotopic (exact) mass is 465 g/mol. The fourth-order valence-electron chi connectivity index (χ4n) is 2.50. The first-order valence-electron chi connectivity index (χ1n) is 8.91. The summed E-state index contributed by atoms with van der Waals surface area (Å²) in [5.74, 6) is -0.185. The molecule has 0 fully saturated rings. The number of hydrogen-bond donors (Lipinski definition) is 2. The average Bonchev–Trinajstić information content (AvgIpc) is 3.05. The minimum Gasteiger partial charge on any atom is -0.350 e. The molecule has 0 saturated carbocycles. The van der Waals surface area contributed by atoms with E-state index in [-0.39, 0.29) is 30.2 Å². The highest BCUT2D eigenvalue weighted by molar-refractivity contribution is 9.11. The molecule has 2 rings (SSSR count). The number of nitrogens with zero attached hydrogens (tertiary/aromatic N) is 1. The number of thiophene rings is 1. The van der Waals surface area contributed by atoms with Crippen LogP contribution in [0.1, 0.15) is 35.5 Å². The molecule has 8 heteroatoms. The predicted molar refractivity (Wildman–Crippen MR) is 115 cm³/mol. The third-order valence-corrected chi connectivity index (χ3v) is 5.42. The number of carbonyl (C=O) groups excluding carboxylic acids is 3. The Balaban J connectivity index is 1.84. The van der Waals surface area contributed by atoms with Crippen LogP contribution < -0.4 is 10.6 Å². The quantitative estimate of drug-likeness (QED) is 0.620. The average molecular weight is 466 g/mol. The summed E-state index contributed by atoms with van der Waals surface area (Å²) in [6, 6.07) is 10.9. The summed E-state index contributed by atoms with van der Waals surface area (Å²) < 4.78 is 0.870. The first kappa shape index (κ1) is 22.1. The van der Waals surface area contributed by atoms with E-state index in [9.17, 15) is 14.4 Å². The molecule has 0 unspecified atom stereocenters. The fraction of sp³-hybridized carbons (Fsp3) is 0.350. The molecule has 28 heavy (non-hydrogen) atoms. The highest BCUT2D eigenvalue weighted by Crippen LogP contribution is 2.23. The standard InChI is InChI=1S/C20H24BrN3O3S/c1-13(2)9-18(25)23-15-6-4-5-14(10-15)11-22-19(26)12-24(3)20(27)16-7-8-17(21)28-16/h4-8,10,13H,9,11-12H2,1-3H3,(H,22,26)(H,23,25). The van der Waals surface area contributed by atoms with Crippen molar-refractivity contribution in [3.63, 3.8) is 0 Å². The van der Waals surface area contributed by atoms with E-state index in [1.54, 1.807) is 19.2 Å². The lowest BCUT2D eigenvalue weighted by molar-refractivity contribution is -0.121. The van der Waals surface area contributed by atoms with Crippen LogP contribution in [0.25, 0.3) is 0 Å². The zero-order valence-corrected chi connectivity index (χ0v) is 18.5. The highest BCUT2D eigenvalue weighted by Gasteiger charge is 2.16. The molecule has 0 aliphatic heterocycles. The molecule has 3 amide bonds. The second-order valence-corrected chi connectivity index (χ2v) is 9.35. The Morgan fingerprint density at radius 3 is 2.54 bits per heavy atom. The van der Waals surface area contributed by atoms with Crippen molar-refractivity contribution in [2.45, 2.75) is 26.8 Å². The predicted octanol–water partition coefficient (Wildman–Crippen LogP) is 3.88. The van der Waals surface area contributed by atoms with Gasteiger partial charge < -0.3 is 15.5 Å². The molecule has 1 heterocycles. The van der Waals surface area contributed by atoms with Crippen LogP contribution in [-0.4, -0.2) is 36.2 Å². The number of likely N-dealkylation sites (N-methyl/N-ethyl adjacent to an activating group) is 1. The molecule has 0 saturated heterocycles. The van der Waals surface area contributed by atoms with Gasteiger partial charge in [-0.1, -0.05) is 26.0 Å². The van der Waals surface area contributed by atoms with Crippen molar-refractivity contribution in [1.29, 1.82) is 0 Å². The van der Waals surface area contributed by atoms with E-state index >= 15 is 0 Å². The largest absolute Gasteiger partial charge is 0.350 e. The molecule has 1 aromatic carbocycles. The normalized spacial score (nSPS) is 10.6. The fourth-order valence-corrected chi connectivity index (χ4v) is 3.88. The Labute approximate surface area is 177 Å². The van der Waals surface area contributed by atoms with Gasteiger partial charge in [0.05, 0.1) is 15.2 Å². The number of benzene rings is 1. The van der Waals surface area contributed by atoms with E-state index in [0.717, 1.165) is 9.35 Å². The van der Waals surface area contributed by atoms with Gasteiger partial charge in [0.15, 0.2) is 0 Å². The van der Waals surface area contributed by atoms with Crippen molar-refractivity contribution in [1.82, 2.24) is 10.2 Å². The van der Waals surface area contributed by atoms with E-state index in [1.165, 1.54) is 16.2 Å². The van der Waals surface area contributed by atoms with Gasteiger partial charge in [0.2, 0.25) is 11.8 Å². The summed E-state index contributed by atoms with van der Waals surface area (Å²) in [4.78, 5) is 38.3. The highest BCUT2D eigenvalue weighted by atomic mass is 79.9. The van der Waals surface area contributed by atoms with E-state index in [4.69, 9.17) is 0 Å². The maximum atomic E-state index is 12.3. The van der Waals surface area contributed by atoms with Crippen LogP contribution in [0.5, 0.6) is 0 Å². The van der Waals surface area contributed by atoms with Gasteiger partial charge in [-0.3, -0.25) is 14.4 Å². The molecule has 0 aliphatic carbocycles. The minimum absolute atomic E-state index is 0.0286. The van der Waals surface area contributed by atoms with Crippen LogP contribution in [0.3, 0.4) is 0 Å². The molecule has 6 nitrogen and oxygen atoms in total. The van der Waals surface area contributed by atoms with Crippen molar-refractivity contribution < 1.29 is 14.4 Å². The van der Waals surface area contributed by atoms with Gasteiger partial charge in [0.25, 0.3) is 5.91 Å². The molecule has 2 N–H and O–H groups in total. The maximum Gasteiger partial charge on any atom is 0.264 e. The van der Waals surface area contributed by atoms with Gasteiger partial charge in [-0.15, -0.1) is 11.3 Å². The van der Waals surface area contributed by atoms with Gasteiger partial charge in [0, 0.05) is 25.7 Å². The van der Waals surface area contributed by atoms with Crippen molar-refractivity contribution in [2.75, 3.05) is 18.9 Å². The number of carbonyl (C=O) groups is 3. The number of nitrogens with one attached hydrogen (secondary N) is 2. The summed E-state index contributed by atoms with van der Waals surface area (Å²) in [5, 5.41) is 5.66. The first-order valence-corrected chi connectivity index (χ1v) is 10.5. The molecule has 150 valence electrons. The van der Waals surface area contributed by atoms with Crippen LogP contribution >= 0.6 is 27.3 Å². The summed E-state index contributed by atoms with van der Waals surface area (Å²) in [7, 11) is 1.60. The Morgan fingerprint density at radius 2 is 1.89 bits per heavy atom. The SMILES string of the molecule is CC(C)CC(=O)Nc1cccc(CNC(=O)CN(C)C(=O)c2ccc(Br)s2)c1. The number of hydrogen-bond acceptors (Lipinski definition) is 4. The molecule has 0 spiro atoms. The number of anilines is 1. The summed E-state index contributed by atoms with van der Waals surface area (Å²) in [6.07, 6.45) is 0.460. The van der Waals surface area contributed by atoms with Gasteiger partial charge in [-0.2, -0.15) is 0 Å². The van der Waals surface area contributed by atoms with Crippen molar-refractivity contribution >= 4 is 50.7 Å². The summed E-state index contributed by atoms with van der Waals surface area (Å²) in [5.41, 5.74) is 1.57. The van der Waals surface area contributed by atoms with Gasteiger partial charge in [0.1, 0.15) is 0 Å². The number of rotatable bonds is 8. The van der Waals surface area contributed by atoms with Crippen LogP contribution in [0.4, 0.5) is 5.69 Å². The Morgan fingerprint density at radius 1 is 1.14 bits per heavy atom. The number of amides is 3. The molecule has 2 aromatic rings. The summed E-state index contributed by atoms with van der Waals surface area (Å²) >= 11 is 4.66. The molecular weight excluding hydrogens is 442 g/mol. The maximum absolute atomic E-state index is 12.3. The van der Waals surface area contributed by atoms with Crippen LogP contribution in [-0.2, 0) is 16.1 Å². The Kier molecular flexibility index (Phi) is 8.19. The third-order valence-electron chi connectivity index (χ3n) is 3.81. The lowest BCUT2D eigenvalue weighted by Crippen LogP contribution is -2.37. The molecule has 0 aliphatic rings. The lowest BCUT2D eigenvalue weighted by atomic mass is 10.1. The molecule has 0 atom stereocenters. The molecule has 0 bridgehead atoms. The first-order chi connectivity index (χ1) is 13.2. The zero-order valence-electron chi connectivity index (χ0n) is 16.1. The second kappa shape index (κ2) is 10.4. The van der Waals surface area contributed by atoms with E-state index < -0.39 is 0 Å². The van der Waals surface area contributed by atoms with Gasteiger partial charge in [-0.25, -0.2) is 0 Å².